The van der Waals surface area contributed by atoms with Crippen LogP contribution in [0, 0.1) is 0 Å². The first-order valence-corrected chi connectivity index (χ1v) is 4.19. The first-order chi connectivity index (χ1) is 4.74. The molecule has 0 saturated heterocycles. The molecule has 0 aromatic heterocycles. The fourth-order valence-corrected chi connectivity index (χ4v) is 1.44. The zero-order valence-corrected chi connectivity index (χ0v) is 7.16. The van der Waals surface area contributed by atoms with Crippen molar-refractivity contribution in [3.63, 3.8) is 0 Å². The third kappa shape index (κ3) is 1.64. The van der Waals surface area contributed by atoms with Crippen molar-refractivity contribution in [2.24, 2.45) is 0 Å². The van der Waals surface area contributed by atoms with E-state index in [1.54, 1.807) is 0 Å². The van der Waals surface area contributed by atoms with Crippen LogP contribution in [0.5, 0.6) is 0 Å². The van der Waals surface area contributed by atoms with Crippen LogP contribution in [0.4, 0.5) is 0 Å². The standard InChI is InChI=1S/C8H12OS/c1-6-3-4-8(10-9)5-7(6)2/h5,9H,3-4H2,1-2H3. The Morgan fingerprint density at radius 1 is 1.40 bits per heavy atom. The normalized spacial score (nSPS) is 19.3. The van der Waals surface area contributed by atoms with Gasteiger partial charge in [0.1, 0.15) is 0 Å². The van der Waals surface area contributed by atoms with Gasteiger partial charge in [0.25, 0.3) is 0 Å². The Hall–Kier alpha value is -0.210. The van der Waals surface area contributed by atoms with E-state index in [4.69, 9.17) is 4.55 Å². The van der Waals surface area contributed by atoms with Crippen molar-refractivity contribution in [2.45, 2.75) is 26.7 Å². The molecule has 0 aromatic carbocycles. The van der Waals surface area contributed by atoms with Gasteiger partial charge in [0.2, 0.25) is 0 Å². The molecule has 0 fully saturated rings. The predicted octanol–water partition coefficient (Wildman–Crippen LogP) is 3.21. The smallest absolute Gasteiger partial charge is 0.0199 e. The highest BCUT2D eigenvalue weighted by Gasteiger charge is 2.06. The summed E-state index contributed by atoms with van der Waals surface area (Å²) in [6, 6.07) is 0. The molecule has 0 heterocycles. The average molecular weight is 156 g/mol. The van der Waals surface area contributed by atoms with Crippen molar-refractivity contribution in [1.82, 2.24) is 0 Å². The highest BCUT2D eigenvalue weighted by Crippen LogP contribution is 2.28. The van der Waals surface area contributed by atoms with Crippen LogP contribution >= 0.6 is 12.0 Å². The average Bonchev–Trinajstić information content (AvgIpc) is 1.95. The summed E-state index contributed by atoms with van der Waals surface area (Å²) in [6.45, 7) is 4.23. The lowest BCUT2D eigenvalue weighted by Gasteiger charge is -2.12. The van der Waals surface area contributed by atoms with Crippen molar-refractivity contribution in [1.29, 1.82) is 0 Å². The maximum atomic E-state index is 8.72. The van der Waals surface area contributed by atoms with Gasteiger partial charge in [0.05, 0.1) is 0 Å². The van der Waals surface area contributed by atoms with Crippen molar-refractivity contribution in [2.75, 3.05) is 0 Å². The van der Waals surface area contributed by atoms with E-state index >= 15 is 0 Å². The molecule has 1 rings (SSSR count). The molecule has 0 saturated carbocycles. The van der Waals surface area contributed by atoms with Crippen LogP contribution in [-0.2, 0) is 0 Å². The molecule has 1 nitrogen and oxygen atoms in total. The molecule has 1 aliphatic carbocycles. The summed E-state index contributed by atoms with van der Waals surface area (Å²) in [5.74, 6) is 0. The first-order valence-electron chi connectivity index (χ1n) is 3.42. The minimum atomic E-state index is 0.878. The molecule has 1 aliphatic rings. The Balaban J connectivity index is 2.76. The van der Waals surface area contributed by atoms with Gasteiger partial charge in [-0.2, -0.15) is 0 Å². The van der Waals surface area contributed by atoms with Crippen LogP contribution in [0.1, 0.15) is 26.7 Å². The van der Waals surface area contributed by atoms with Gasteiger partial charge in [-0.1, -0.05) is 11.1 Å². The summed E-state index contributed by atoms with van der Waals surface area (Å²) in [7, 11) is 0. The van der Waals surface area contributed by atoms with Gasteiger partial charge in [-0.15, -0.1) is 0 Å². The van der Waals surface area contributed by atoms with Gasteiger partial charge in [0.15, 0.2) is 0 Å². The Bertz CT molecular complexity index is 191. The lowest BCUT2D eigenvalue weighted by Crippen LogP contribution is -1.91. The minimum absolute atomic E-state index is 0.878. The molecule has 0 radical (unpaired) electrons. The highest BCUT2D eigenvalue weighted by atomic mass is 32.2. The van der Waals surface area contributed by atoms with Crippen molar-refractivity contribution < 1.29 is 4.55 Å². The van der Waals surface area contributed by atoms with Gasteiger partial charge in [-0.05, 0) is 32.8 Å². The van der Waals surface area contributed by atoms with E-state index in [-0.39, 0.29) is 0 Å². The number of rotatable bonds is 1. The topological polar surface area (TPSA) is 20.2 Å². The van der Waals surface area contributed by atoms with Gasteiger partial charge >= 0.3 is 0 Å². The van der Waals surface area contributed by atoms with E-state index in [1.807, 2.05) is 0 Å². The quantitative estimate of drug-likeness (QED) is 0.588. The SMILES string of the molecule is CC1=C(C)CCC(SO)=C1. The molecule has 2 heteroatoms. The maximum Gasteiger partial charge on any atom is 0.0199 e. The molecular formula is C8H12OS. The summed E-state index contributed by atoms with van der Waals surface area (Å²) in [5.41, 5.74) is 2.75. The second kappa shape index (κ2) is 3.26. The van der Waals surface area contributed by atoms with Gasteiger partial charge in [-0.3, -0.25) is 0 Å². The van der Waals surface area contributed by atoms with Crippen LogP contribution in [0.2, 0.25) is 0 Å². The van der Waals surface area contributed by atoms with Crippen LogP contribution in [0.15, 0.2) is 22.1 Å². The summed E-state index contributed by atoms with van der Waals surface area (Å²) >= 11 is 0.878. The van der Waals surface area contributed by atoms with E-state index in [9.17, 15) is 0 Å². The summed E-state index contributed by atoms with van der Waals surface area (Å²) in [6.07, 6.45) is 4.17. The summed E-state index contributed by atoms with van der Waals surface area (Å²) in [4.78, 5) is 1.09. The Morgan fingerprint density at radius 3 is 2.60 bits per heavy atom. The van der Waals surface area contributed by atoms with Crippen LogP contribution in [-0.4, -0.2) is 4.55 Å². The van der Waals surface area contributed by atoms with Crippen molar-refractivity contribution in [3.8, 4) is 0 Å². The van der Waals surface area contributed by atoms with Crippen LogP contribution in [0.3, 0.4) is 0 Å². The third-order valence-electron chi connectivity index (χ3n) is 1.91. The molecule has 0 aliphatic heterocycles. The van der Waals surface area contributed by atoms with Crippen LogP contribution < -0.4 is 0 Å². The Labute approximate surface area is 66.0 Å². The van der Waals surface area contributed by atoms with E-state index in [0.29, 0.717) is 0 Å². The second-order valence-corrected chi connectivity index (χ2v) is 3.37. The van der Waals surface area contributed by atoms with E-state index in [1.165, 1.54) is 11.1 Å². The maximum absolute atomic E-state index is 8.72. The molecule has 0 amide bonds. The monoisotopic (exact) mass is 156 g/mol. The highest BCUT2D eigenvalue weighted by molar-refractivity contribution is 7.97. The third-order valence-corrected chi connectivity index (χ3v) is 2.47. The van der Waals surface area contributed by atoms with Gasteiger partial charge in [0, 0.05) is 16.9 Å². The predicted molar refractivity (Wildman–Crippen MR) is 45.9 cm³/mol. The lowest BCUT2D eigenvalue weighted by molar-refractivity contribution is 0.666. The number of hydrogen-bond donors (Lipinski definition) is 1. The largest absolute Gasteiger partial charge is 0.326 e. The molecular weight excluding hydrogens is 144 g/mol. The Morgan fingerprint density at radius 2 is 2.10 bits per heavy atom. The van der Waals surface area contributed by atoms with Crippen molar-refractivity contribution in [3.05, 3.63) is 22.1 Å². The molecule has 0 spiro atoms. The van der Waals surface area contributed by atoms with Gasteiger partial charge < -0.3 is 4.55 Å². The minimum Gasteiger partial charge on any atom is -0.326 e. The molecule has 1 N–H and O–H groups in total. The van der Waals surface area contributed by atoms with Crippen LogP contribution in [0.25, 0.3) is 0 Å². The molecule has 0 aromatic rings. The number of allylic oxidation sites excluding steroid dienone is 4. The first kappa shape index (κ1) is 7.89. The summed E-state index contributed by atoms with van der Waals surface area (Å²) in [5, 5.41) is 0. The zero-order valence-electron chi connectivity index (χ0n) is 6.35. The molecule has 0 unspecified atom stereocenters. The fraction of sp³-hybridized carbons (Fsp3) is 0.500. The van der Waals surface area contributed by atoms with Crippen molar-refractivity contribution >= 4 is 12.0 Å². The number of hydrogen-bond acceptors (Lipinski definition) is 2. The fourth-order valence-electron chi connectivity index (χ4n) is 1.02. The molecule has 0 bridgehead atoms. The van der Waals surface area contributed by atoms with Gasteiger partial charge in [-0.25, -0.2) is 0 Å². The molecule has 56 valence electrons. The van der Waals surface area contributed by atoms with E-state index in [2.05, 4.69) is 19.9 Å². The lowest BCUT2D eigenvalue weighted by atomic mass is 10.0. The zero-order chi connectivity index (χ0) is 7.56. The summed E-state index contributed by atoms with van der Waals surface area (Å²) < 4.78 is 8.72. The van der Waals surface area contributed by atoms with E-state index < -0.39 is 0 Å². The Kier molecular flexibility index (Phi) is 2.57. The molecule has 0 atom stereocenters. The second-order valence-electron chi connectivity index (χ2n) is 2.67. The van der Waals surface area contributed by atoms with E-state index in [0.717, 1.165) is 29.8 Å². The molecule has 10 heavy (non-hydrogen) atoms.